The zero-order valence-electron chi connectivity index (χ0n) is 12.5. The van der Waals surface area contributed by atoms with Crippen LogP contribution in [0.25, 0.3) is 0 Å². The summed E-state index contributed by atoms with van der Waals surface area (Å²) in [5.41, 5.74) is 1.57. The molecule has 118 valence electrons. The third-order valence-corrected chi connectivity index (χ3v) is 3.52. The molecule has 3 heterocycles. The van der Waals surface area contributed by atoms with Crippen molar-refractivity contribution in [2.45, 2.75) is 32.0 Å². The van der Waals surface area contributed by atoms with Crippen LogP contribution in [0.2, 0.25) is 0 Å². The Labute approximate surface area is 127 Å². The number of H-pyrrole nitrogens is 1. The first kappa shape index (κ1) is 14.7. The number of nitrogens with one attached hydrogen (secondary N) is 2. The topological polar surface area (TPSA) is 102 Å². The minimum absolute atomic E-state index is 0.0833. The molecule has 0 aliphatic carbocycles. The number of aryl methyl sites for hydroxylation is 1. The molecule has 2 N–H and O–H groups in total. The summed E-state index contributed by atoms with van der Waals surface area (Å²) in [5.74, 6) is 0.768. The Balaban J connectivity index is 1.56. The van der Waals surface area contributed by atoms with Crippen LogP contribution in [0.4, 0.5) is 5.82 Å². The molecule has 1 amide bonds. The number of amides is 1. The summed E-state index contributed by atoms with van der Waals surface area (Å²) in [6.45, 7) is 2.37. The molecular weight excluding hydrogens is 288 g/mol. The van der Waals surface area contributed by atoms with Crippen LogP contribution in [-0.2, 0) is 20.7 Å². The van der Waals surface area contributed by atoms with Gasteiger partial charge in [0.05, 0.1) is 30.5 Å². The first-order chi connectivity index (χ1) is 10.6. The predicted octanol–water partition coefficient (Wildman–Crippen LogP) is 1.36. The van der Waals surface area contributed by atoms with Gasteiger partial charge in [0.1, 0.15) is 11.9 Å². The second-order valence-electron chi connectivity index (χ2n) is 5.28. The molecule has 0 bridgehead atoms. The lowest BCUT2D eigenvalue weighted by molar-refractivity contribution is -0.115. The number of aromatic amines is 1. The van der Waals surface area contributed by atoms with E-state index < -0.39 is 0 Å². The molecule has 8 heteroatoms. The van der Waals surface area contributed by atoms with Crippen molar-refractivity contribution in [2.24, 2.45) is 0 Å². The van der Waals surface area contributed by atoms with E-state index in [2.05, 4.69) is 20.7 Å². The molecule has 22 heavy (non-hydrogen) atoms. The standard InChI is InChI=1S/C14H18N4O4/c1-8-3-9(22-18-8)5-14(19)15-13-6-11(16-17-13)12-4-10(20-2)7-21-12/h3,6,10,12H,4-5,7H2,1-2H3,(H2,15,16,17,19). The monoisotopic (exact) mass is 306 g/mol. The average Bonchev–Trinajstić information content (AvgIpc) is 3.19. The molecular formula is C14H18N4O4. The molecule has 1 aliphatic heterocycles. The lowest BCUT2D eigenvalue weighted by Gasteiger charge is -2.05. The van der Waals surface area contributed by atoms with Crippen LogP contribution in [-0.4, -0.2) is 41.1 Å². The van der Waals surface area contributed by atoms with E-state index in [4.69, 9.17) is 14.0 Å². The Morgan fingerprint density at radius 3 is 3.09 bits per heavy atom. The van der Waals surface area contributed by atoms with E-state index in [0.29, 0.717) is 18.2 Å². The van der Waals surface area contributed by atoms with Gasteiger partial charge in [0, 0.05) is 25.7 Å². The molecule has 2 unspecified atom stereocenters. The quantitative estimate of drug-likeness (QED) is 0.864. The number of nitrogens with zero attached hydrogens (tertiary/aromatic N) is 2. The maximum atomic E-state index is 11.9. The van der Waals surface area contributed by atoms with Gasteiger partial charge in [-0.1, -0.05) is 5.16 Å². The van der Waals surface area contributed by atoms with E-state index in [1.54, 1.807) is 26.2 Å². The lowest BCUT2D eigenvalue weighted by atomic mass is 10.1. The molecule has 1 aliphatic rings. The largest absolute Gasteiger partial charge is 0.379 e. The first-order valence-corrected chi connectivity index (χ1v) is 7.06. The van der Waals surface area contributed by atoms with Crippen LogP contribution in [0.3, 0.4) is 0 Å². The zero-order valence-corrected chi connectivity index (χ0v) is 12.5. The molecule has 1 saturated heterocycles. The van der Waals surface area contributed by atoms with Gasteiger partial charge >= 0.3 is 0 Å². The number of carbonyl (C=O) groups excluding carboxylic acids is 1. The number of hydrogen-bond acceptors (Lipinski definition) is 6. The summed E-state index contributed by atoms with van der Waals surface area (Å²) < 4.78 is 15.9. The molecule has 2 aromatic rings. The Morgan fingerprint density at radius 2 is 2.41 bits per heavy atom. The summed E-state index contributed by atoms with van der Waals surface area (Å²) in [7, 11) is 1.67. The highest BCUT2D eigenvalue weighted by Gasteiger charge is 2.28. The number of ether oxygens (including phenoxy) is 2. The summed E-state index contributed by atoms with van der Waals surface area (Å²) in [6, 6.07) is 3.50. The zero-order chi connectivity index (χ0) is 15.5. The summed E-state index contributed by atoms with van der Waals surface area (Å²) in [5, 5.41) is 13.4. The third-order valence-electron chi connectivity index (χ3n) is 3.52. The van der Waals surface area contributed by atoms with Crippen LogP contribution in [0.5, 0.6) is 0 Å². The SMILES string of the molecule is COC1COC(c2cc(NC(=O)Cc3cc(C)no3)n[nH]2)C1. The fourth-order valence-electron chi connectivity index (χ4n) is 2.39. The van der Waals surface area contributed by atoms with Crippen molar-refractivity contribution < 1.29 is 18.8 Å². The van der Waals surface area contributed by atoms with Crippen molar-refractivity contribution in [1.82, 2.24) is 15.4 Å². The molecule has 8 nitrogen and oxygen atoms in total. The van der Waals surface area contributed by atoms with E-state index >= 15 is 0 Å². The van der Waals surface area contributed by atoms with Gasteiger partial charge in [-0.05, 0) is 6.92 Å². The van der Waals surface area contributed by atoms with Crippen molar-refractivity contribution in [2.75, 3.05) is 19.0 Å². The molecule has 2 aromatic heterocycles. The normalized spacial score (nSPS) is 21.2. The number of hydrogen-bond donors (Lipinski definition) is 2. The Bertz CT molecular complexity index is 651. The number of rotatable bonds is 5. The van der Waals surface area contributed by atoms with Crippen molar-refractivity contribution in [1.29, 1.82) is 0 Å². The van der Waals surface area contributed by atoms with Crippen molar-refractivity contribution in [3.8, 4) is 0 Å². The molecule has 1 fully saturated rings. The van der Waals surface area contributed by atoms with Crippen molar-refractivity contribution in [3.05, 3.63) is 29.3 Å². The second kappa shape index (κ2) is 6.29. The summed E-state index contributed by atoms with van der Waals surface area (Å²) >= 11 is 0. The number of anilines is 1. The van der Waals surface area contributed by atoms with Gasteiger partial charge in [0.25, 0.3) is 0 Å². The molecule has 0 spiro atoms. The minimum Gasteiger partial charge on any atom is -0.379 e. The molecule has 2 atom stereocenters. The fourth-order valence-corrected chi connectivity index (χ4v) is 2.39. The summed E-state index contributed by atoms with van der Waals surface area (Å²) in [4.78, 5) is 11.9. The van der Waals surface area contributed by atoms with E-state index in [1.165, 1.54) is 0 Å². The maximum absolute atomic E-state index is 11.9. The first-order valence-electron chi connectivity index (χ1n) is 7.06. The highest BCUT2D eigenvalue weighted by Crippen LogP contribution is 2.29. The van der Waals surface area contributed by atoms with E-state index in [9.17, 15) is 4.79 Å². The summed E-state index contributed by atoms with van der Waals surface area (Å²) in [6.07, 6.45) is 0.902. The van der Waals surface area contributed by atoms with E-state index in [1.807, 2.05) is 0 Å². The minimum atomic E-state index is -0.212. The number of aromatic nitrogens is 3. The van der Waals surface area contributed by atoms with Crippen LogP contribution < -0.4 is 5.32 Å². The number of carbonyl (C=O) groups is 1. The van der Waals surface area contributed by atoms with Gasteiger partial charge in [-0.25, -0.2) is 0 Å². The number of methoxy groups -OCH3 is 1. The van der Waals surface area contributed by atoms with E-state index in [-0.39, 0.29) is 24.5 Å². The fraction of sp³-hybridized carbons (Fsp3) is 0.500. The van der Waals surface area contributed by atoms with Crippen LogP contribution in [0, 0.1) is 6.92 Å². The van der Waals surface area contributed by atoms with E-state index in [0.717, 1.165) is 17.8 Å². The lowest BCUT2D eigenvalue weighted by Crippen LogP contribution is -2.14. The smallest absolute Gasteiger partial charge is 0.233 e. The Hall–Kier alpha value is -2.19. The maximum Gasteiger partial charge on any atom is 0.233 e. The Kier molecular flexibility index (Phi) is 4.21. The van der Waals surface area contributed by atoms with Gasteiger partial charge in [-0.15, -0.1) is 0 Å². The van der Waals surface area contributed by atoms with Crippen LogP contribution in [0.1, 0.15) is 29.7 Å². The molecule has 0 saturated carbocycles. The van der Waals surface area contributed by atoms with Gasteiger partial charge in [-0.3, -0.25) is 9.89 Å². The van der Waals surface area contributed by atoms with Crippen LogP contribution in [0.15, 0.2) is 16.7 Å². The van der Waals surface area contributed by atoms with Gasteiger partial charge < -0.3 is 19.3 Å². The second-order valence-corrected chi connectivity index (χ2v) is 5.28. The van der Waals surface area contributed by atoms with Gasteiger partial charge in [0.2, 0.25) is 5.91 Å². The van der Waals surface area contributed by atoms with Crippen molar-refractivity contribution in [3.63, 3.8) is 0 Å². The van der Waals surface area contributed by atoms with Crippen LogP contribution >= 0.6 is 0 Å². The molecule has 0 radical (unpaired) electrons. The predicted molar refractivity (Wildman–Crippen MR) is 76.3 cm³/mol. The van der Waals surface area contributed by atoms with Gasteiger partial charge in [-0.2, -0.15) is 5.10 Å². The Morgan fingerprint density at radius 1 is 1.55 bits per heavy atom. The highest BCUT2D eigenvalue weighted by molar-refractivity contribution is 5.91. The highest BCUT2D eigenvalue weighted by atomic mass is 16.5. The third kappa shape index (κ3) is 3.34. The van der Waals surface area contributed by atoms with Gasteiger partial charge in [0.15, 0.2) is 5.82 Å². The molecule has 0 aromatic carbocycles. The molecule has 3 rings (SSSR count). The van der Waals surface area contributed by atoms with Crippen molar-refractivity contribution >= 4 is 11.7 Å². The average molecular weight is 306 g/mol.